The van der Waals surface area contributed by atoms with Gasteiger partial charge in [0.05, 0.1) is 5.69 Å². The molecule has 2 aliphatic carbocycles. The van der Waals surface area contributed by atoms with Crippen molar-refractivity contribution in [2.24, 2.45) is 11.3 Å². The molecule has 10 heteroatoms. The molecule has 2 heterocycles. The van der Waals surface area contributed by atoms with E-state index < -0.39 is 21.0 Å². The fourth-order valence-electron chi connectivity index (χ4n) is 5.83. The van der Waals surface area contributed by atoms with Crippen molar-refractivity contribution in [2.75, 3.05) is 11.3 Å². The Morgan fingerprint density at radius 1 is 1.07 bits per heavy atom. The molecule has 3 N–H and O–H groups in total. The Bertz CT molecular complexity index is 1520. The van der Waals surface area contributed by atoms with E-state index in [-0.39, 0.29) is 17.6 Å². The molecule has 41 heavy (non-hydrogen) atoms. The molecule has 3 aromatic rings. The second kappa shape index (κ2) is 11.4. The van der Waals surface area contributed by atoms with Gasteiger partial charge in [-0.3, -0.25) is 4.72 Å². The molecular formula is C31H38N4O5S. The van der Waals surface area contributed by atoms with Gasteiger partial charge in [0.2, 0.25) is 0 Å². The number of ether oxygens (including phenoxy) is 1. The van der Waals surface area contributed by atoms with Gasteiger partial charge in [0, 0.05) is 29.8 Å². The van der Waals surface area contributed by atoms with E-state index in [1.807, 2.05) is 38.1 Å². The summed E-state index contributed by atoms with van der Waals surface area (Å²) in [7, 11) is -4.22. The number of hydrogen-bond donors (Lipinski definition) is 3. The summed E-state index contributed by atoms with van der Waals surface area (Å²) >= 11 is 0. The lowest BCUT2D eigenvalue weighted by atomic mass is 9.76. The van der Waals surface area contributed by atoms with Crippen LogP contribution in [0.25, 0.3) is 11.3 Å². The van der Waals surface area contributed by atoms with Gasteiger partial charge < -0.3 is 15.2 Å². The molecule has 0 aliphatic heterocycles. The fourth-order valence-corrected chi connectivity index (χ4v) is 6.79. The van der Waals surface area contributed by atoms with Crippen molar-refractivity contribution in [1.29, 1.82) is 0 Å². The molecule has 0 radical (unpaired) electrons. The number of hydrogen-bond acceptors (Lipinski definition) is 7. The van der Waals surface area contributed by atoms with Crippen LogP contribution in [0.4, 0.5) is 5.82 Å². The number of aromatic carboxylic acids is 1. The van der Waals surface area contributed by atoms with Crippen LogP contribution in [-0.4, -0.2) is 48.2 Å². The smallest absolute Gasteiger partial charge is 0.354 e. The lowest BCUT2D eigenvalue weighted by Gasteiger charge is -2.39. The van der Waals surface area contributed by atoms with E-state index in [0.717, 1.165) is 23.1 Å². The molecule has 0 amide bonds. The molecule has 2 aliphatic rings. The van der Waals surface area contributed by atoms with Crippen LogP contribution in [0.15, 0.2) is 53.6 Å². The topological polar surface area (TPSA) is 131 Å². The lowest BCUT2D eigenvalue weighted by molar-refractivity contribution is 0.0689. The third-order valence-corrected chi connectivity index (χ3v) is 9.24. The van der Waals surface area contributed by atoms with E-state index in [4.69, 9.17) is 4.74 Å². The molecule has 1 atom stereocenters. The molecule has 2 aromatic heterocycles. The van der Waals surface area contributed by atoms with Crippen LogP contribution in [0, 0.1) is 25.2 Å². The molecule has 5 rings (SSSR count). The standard InChI is InChI=1S/C31H38N4O5S/c1-19(2)13-22(32-23-16-31(17-23)11-12-31)18-40-24-14-26(29-20(3)7-5-8-21(29)4)33-27(15-24)35-41(38,39)28-10-6-9-25(34-28)30(36)37/h5-10,14-15,19,22-23,32H,11-13,16-18H2,1-4H3,(H,33,35)(H,36,37)/t22-/m1/s1. The van der Waals surface area contributed by atoms with Gasteiger partial charge in [-0.25, -0.2) is 14.8 Å². The zero-order valence-electron chi connectivity index (χ0n) is 24.0. The molecule has 2 saturated carbocycles. The fraction of sp³-hybridized carbons (Fsp3) is 0.452. The van der Waals surface area contributed by atoms with E-state index in [1.54, 1.807) is 6.07 Å². The molecule has 0 bridgehead atoms. The summed E-state index contributed by atoms with van der Waals surface area (Å²) < 4.78 is 35.3. The summed E-state index contributed by atoms with van der Waals surface area (Å²) in [6.07, 6.45) is 6.13. The minimum atomic E-state index is -4.22. The predicted octanol–water partition coefficient (Wildman–Crippen LogP) is 5.59. The van der Waals surface area contributed by atoms with E-state index in [0.29, 0.717) is 35.4 Å². The predicted molar refractivity (Wildman–Crippen MR) is 158 cm³/mol. The minimum absolute atomic E-state index is 0.0609. The Morgan fingerprint density at radius 2 is 1.76 bits per heavy atom. The number of aromatic nitrogens is 2. The lowest BCUT2D eigenvalue weighted by Crippen LogP contribution is -2.49. The van der Waals surface area contributed by atoms with Crippen molar-refractivity contribution in [3.8, 4) is 17.0 Å². The first-order valence-electron chi connectivity index (χ1n) is 14.1. The van der Waals surface area contributed by atoms with Crippen molar-refractivity contribution in [3.05, 3.63) is 65.4 Å². The number of nitrogens with zero attached hydrogens (tertiary/aromatic N) is 2. The highest BCUT2D eigenvalue weighted by Gasteiger charge is 2.53. The first kappa shape index (κ1) is 29.0. The molecule has 218 valence electrons. The van der Waals surface area contributed by atoms with Crippen LogP contribution in [0.3, 0.4) is 0 Å². The highest BCUT2D eigenvalue weighted by molar-refractivity contribution is 7.92. The van der Waals surface area contributed by atoms with Gasteiger partial charge in [0.1, 0.15) is 23.9 Å². The number of benzene rings is 1. The van der Waals surface area contributed by atoms with E-state index in [9.17, 15) is 18.3 Å². The maximum absolute atomic E-state index is 13.2. The number of pyridine rings is 2. The Balaban J connectivity index is 1.42. The van der Waals surface area contributed by atoms with Crippen LogP contribution in [-0.2, 0) is 10.0 Å². The van der Waals surface area contributed by atoms with Gasteiger partial charge in [0.15, 0.2) is 5.03 Å². The van der Waals surface area contributed by atoms with Crippen LogP contribution in [0.1, 0.15) is 67.6 Å². The summed E-state index contributed by atoms with van der Waals surface area (Å²) in [6, 6.07) is 13.8. The first-order chi connectivity index (χ1) is 19.4. The van der Waals surface area contributed by atoms with Gasteiger partial charge in [-0.2, -0.15) is 8.42 Å². The van der Waals surface area contributed by atoms with E-state index in [2.05, 4.69) is 33.9 Å². The number of carboxylic acid groups (broad SMARTS) is 1. The third kappa shape index (κ3) is 6.87. The number of anilines is 1. The van der Waals surface area contributed by atoms with Gasteiger partial charge in [0.25, 0.3) is 10.0 Å². The maximum Gasteiger partial charge on any atom is 0.354 e. The van der Waals surface area contributed by atoms with Crippen molar-refractivity contribution < 1.29 is 23.1 Å². The van der Waals surface area contributed by atoms with Gasteiger partial charge in [-0.15, -0.1) is 0 Å². The molecule has 1 aromatic carbocycles. The van der Waals surface area contributed by atoms with E-state index in [1.165, 1.54) is 43.9 Å². The van der Waals surface area contributed by atoms with Gasteiger partial charge in [-0.05, 0) is 80.5 Å². The molecule has 1 spiro atoms. The molecule has 0 unspecified atom stereocenters. The number of carbonyl (C=O) groups is 1. The van der Waals surface area contributed by atoms with E-state index >= 15 is 0 Å². The first-order valence-corrected chi connectivity index (χ1v) is 15.6. The molecule has 2 fully saturated rings. The summed E-state index contributed by atoms with van der Waals surface area (Å²) in [5.74, 6) is -0.270. The van der Waals surface area contributed by atoms with Gasteiger partial charge in [-0.1, -0.05) is 38.1 Å². The summed E-state index contributed by atoms with van der Waals surface area (Å²) in [6.45, 7) is 8.80. The van der Waals surface area contributed by atoms with Crippen LogP contribution in [0.5, 0.6) is 5.75 Å². The summed E-state index contributed by atoms with van der Waals surface area (Å²) in [5, 5.41) is 12.7. The molecular weight excluding hydrogens is 540 g/mol. The van der Waals surface area contributed by atoms with Gasteiger partial charge >= 0.3 is 5.97 Å². The summed E-state index contributed by atoms with van der Waals surface area (Å²) in [5.41, 5.74) is 3.71. The summed E-state index contributed by atoms with van der Waals surface area (Å²) in [4.78, 5) is 19.8. The Hall–Kier alpha value is -3.50. The largest absolute Gasteiger partial charge is 0.492 e. The Kier molecular flexibility index (Phi) is 8.07. The van der Waals surface area contributed by atoms with Crippen LogP contribution in [0.2, 0.25) is 0 Å². The van der Waals surface area contributed by atoms with Crippen LogP contribution >= 0.6 is 0 Å². The number of rotatable bonds is 12. The zero-order valence-corrected chi connectivity index (χ0v) is 24.8. The van der Waals surface area contributed by atoms with Crippen molar-refractivity contribution in [3.63, 3.8) is 0 Å². The minimum Gasteiger partial charge on any atom is -0.492 e. The zero-order chi connectivity index (χ0) is 29.4. The second-order valence-corrected chi connectivity index (χ2v) is 13.7. The van der Waals surface area contributed by atoms with Crippen molar-refractivity contribution >= 4 is 21.8 Å². The maximum atomic E-state index is 13.2. The normalized spacial score (nSPS) is 16.8. The Morgan fingerprint density at radius 3 is 2.39 bits per heavy atom. The number of sulfonamides is 1. The monoisotopic (exact) mass is 578 g/mol. The van der Waals surface area contributed by atoms with Crippen LogP contribution < -0.4 is 14.8 Å². The second-order valence-electron chi connectivity index (χ2n) is 12.0. The van der Waals surface area contributed by atoms with Crippen molar-refractivity contribution in [2.45, 2.75) is 76.9 Å². The number of carboxylic acids is 1. The van der Waals surface area contributed by atoms with Crippen molar-refractivity contribution in [1.82, 2.24) is 15.3 Å². The quantitative estimate of drug-likeness (QED) is 0.254. The SMILES string of the molecule is Cc1cccc(C)c1-c1cc(OC[C@@H](CC(C)C)NC2CC3(CC3)C2)cc(NS(=O)(=O)c2cccc(C(=O)O)n2)n1. The number of aryl methyl sites for hydroxylation is 2. The molecule has 9 nitrogen and oxygen atoms in total. The third-order valence-electron chi connectivity index (χ3n) is 7.99. The molecule has 0 saturated heterocycles. The Labute approximate surface area is 241 Å². The highest BCUT2D eigenvalue weighted by atomic mass is 32.2. The average Bonchev–Trinajstić information content (AvgIpc) is 3.67. The highest BCUT2D eigenvalue weighted by Crippen LogP contribution is 2.60. The average molecular weight is 579 g/mol. The number of nitrogens with one attached hydrogen (secondary N) is 2.